The van der Waals surface area contributed by atoms with E-state index in [-0.39, 0.29) is 11.3 Å². The summed E-state index contributed by atoms with van der Waals surface area (Å²) in [5.74, 6) is -1.60. The molecule has 1 atom stereocenters. The number of nitrogens with zero attached hydrogens (tertiary/aromatic N) is 1. The smallest absolute Gasteiger partial charge is 0.384 e. The van der Waals surface area contributed by atoms with Crippen molar-refractivity contribution < 1.29 is 19.9 Å². The van der Waals surface area contributed by atoms with E-state index in [2.05, 4.69) is 0 Å². The lowest BCUT2D eigenvalue weighted by Gasteiger charge is -2.04. The minimum absolute atomic E-state index is 0.0281. The third-order valence-corrected chi connectivity index (χ3v) is 1.65. The highest BCUT2D eigenvalue weighted by molar-refractivity contribution is 5.74. The number of phenolic OH excluding ortho intramolecular Hbond substituents is 1. The molecule has 6 heteroatoms. The summed E-state index contributed by atoms with van der Waals surface area (Å²) in [6, 6.07) is 3.03. The molecular formula is C8H7NO5. The number of rotatable bonds is 3. The van der Waals surface area contributed by atoms with Crippen molar-refractivity contribution in [1.82, 2.24) is 0 Å². The van der Waals surface area contributed by atoms with Crippen LogP contribution in [0.15, 0.2) is 24.3 Å². The Morgan fingerprint density at radius 3 is 2.21 bits per heavy atom. The minimum atomic E-state index is -1.78. The van der Waals surface area contributed by atoms with Crippen molar-refractivity contribution in [2.24, 2.45) is 0 Å². The molecule has 0 spiro atoms. The molecule has 1 unspecified atom stereocenters. The number of carbonyl (C=O) groups is 1. The standard InChI is InChI=1S/C8H7NO5/c10-6-3-1-5(2-4-6)7(8(11)12)9(13)14/h1-4,7,10H,(H,11,12). The molecule has 1 aromatic rings. The van der Waals surface area contributed by atoms with E-state index in [0.717, 1.165) is 0 Å². The molecule has 74 valence electrons. The quantitative estimate of drug-likeness (QED) is 0.551. The first kappa shape index (κ1) is 9.97. The minimum Gasteiger partial charge on any atom is -0.508 e. The van der Waals surface area contributed by atoms with Gasteiger partial charge >= 0.3 is 12.0 Å². The van der Waals surface area contributed by atoms with Gasteiger partial charge in [-0.05, 0) is 24.3 Å². The molecule has 0 fully saturated rings. The number of nitro groups is 1. The first-order valence-electron chi connectivity index (χ1n) is 3.67. The predicted octanol–water partition coefficient (Wildman–Crippen LogP) is 0.795. The molecule has 6 nitrogen and oxygen atoms in total. The zero-order valence-electron chi connectivity index (χ0n) is 6.95. The predicted molar refractivity (Wildman–Crippen MR) is 45.5 cm³/mol. The van der Waals surface area contributed by atoms with Crippen molar-refractivity contribution in [2.45, 2.75) is 6.04 Å². The van der Waals surface area contributed by atoms with Gasteiger partial charge in [-0.25, -0.2) is 4.79 Å². The highest BCUT2D eigenvalue weighted by atomic mass is 16.6. The lowest BCUT2D eigenvalue weighted by molar-refractivity contribution is -0.516. The number of aliphatic carboxylic acids is 1. The number of carboxylic acids is 1. The van der Waals surface area contributed by atoms with E-state index in [1.807, 2.05) is 0 Å². The second-order valence-electron chi connectivity index (χ2n) is 2.62. The third kappa shape index (κ3) is 1.98. The van der Waals surface area contributed by atoms with Gasteiger partial charge in [0.1, 0.15) is 5.75 Å². The Hall–Kier alpha value is -2.11. The molecule has 1 rings (SSSR count). The molecule has 0 saturated carbocycles. The summed E-state index contributed by atoms with van der Waals surface area (Å²) in [6.07, 6.45) is 0. The zero-order valence-corrected chi connectivity index (χ0v) is 6.95. The van der Waals surface area contributed by atoms with Crippen molar-refractivity contribution in [3.8, 4) is 5.75 Å². The van der Waals surface area contributed by atoms with E-state index in [4.69, 9.17) is 10.2 Å². The van der Waals surface area contributed by atoms with Gasteiger partial charge in [-0.2, -0.15) is 0 Å². The average Bonchev–Trinajstić information content (AvgIpc) is 2.07. The monoisotopic (exact) mass is 197 g/mol. The molecule has 0 bridgehead atoms. The van der Waals surface area contributed by atoms with Gasteiger partial charge in [-0.15, -0.1) is 0 Å². The van der Waals surface area contributed by atoms with E-state index in [9.17, 15) is 14.9 Å². The second-order valence-corrected chi connectivity index (χ2v) is 2.62. The van der Waals surface area contributed by atoms with E-state index in [0.29, 0.717) is 0 Å². The van der Waals surface area contributed by atoms with E-state index >= 15 is 0 Å². The Kier molecular flexibility index (Phi) is 2.66. The first-order chi connectivity index (χ1) is 6.52. The maximum absolute atomic E-state index is 10.5. The van der Waals surface area contributed by atoms with Crippen LogP contribution >= 0.6 is 0 Å². The highest BCUT2D eigenvalue weighted by Crippen LogP contribution is 2.19. The topological polar surface area (TPSA) is 101 Å². The number of benzene rings is 1. The maximum atomic E-state index is 10.5. The average molecular weight is 197 g/mol. The van der Waals surface area contributed by atoms with Crippen LogP contribution in [0.4, 0.5) is 0 Å². The largest absolute Gasteiger partial charge is 0.508 e. The van der Waals surface area contributed by atoms with Crippen molar-refractivity contribution in [1.29, 1.82) is 0 Å². The van der Waals surface area contributed by atoms with Crippen LogP contribution in [0.5, 0.6) is 5.75 Å². The summed E-state index contributed by atoms with van der Waals surface area (Å²) in [7, 11) is 0. The summed E-state index contributed by atoms with van der Waals surface area (Å²) < 4.78 is 0. The maximum Gasteiger partial charge on any atom is 0.384 e. The summed E-state index contributed by atoms with van der Waals surface area (Å²) in [6.45, 7) is 0. The Balaban J connectivity index is 3.06. The van der Waals surface area contributed by atoms with Gasteiger partial charge in [0.25, 0.3) is 0 Å². The molecule has 14 heavy (non-hydrogen) atoms. The van der Waals surface area contributed by atoms with Crippen LogP contribution in [0.25, 0.3) is 0 Å². The van der Waals surface area contributed by atoms with Gasteiger partial charge in [0.2, 0.25) is 0 Å². The number of carboxylic acid groups (broad SMARTS) is 1. The fourth-order valence-corrected chi connectivity index (χ4v) is 1.01. The summed E-state index contributed by atoms with van der Waals surface area (Å²) in [4.78, 5) is 20.0. The molecule has 0 amide bonds. The third-order valence-electron chi connectivity index (χ3n) is 1.65. The summed E-state index contributed by atoms with van der Waals surface area (Å²) >= 11 is 0. The fraction of sp³-hybridized carbons (Fsp3) is 0.125. The van der Waals surface area contributed by atoms with Crippen LogP contribution < -0.4 is 0 Å². The molecule has 1 aromatic carbocycles. The molecule has 2 N–H and O–H groups in total. The van der Waals surface area contributed by atoms with Crippen molar-refractivity contribution in [3.05, 3.63) is 39.9 Å². The van der Waals surface area contributed by atoms with Gasteiger partial charge in [0, 0.05) is 10.5 Å². The number of phenols is 1. The molecule has 0 aliphatic heterocycles. The first-order valence-corrected chi connectivity index (χ1v) is 3.67. The van der Waals surface area contributed by atoms with Crippen LogP contribution in [-0.2, 0) is 4.79 Å². The molecule has 0 aromatic heterocycles. The zero-order chi connectivity index (χ0) is 10.7. The van der Waals surface area contributed by atoms with Crippen molar-refractivity contribution >= 4 is 5.97 Å². The van der Waals surface area contributed by atoms with Gasteiger partial charge in [-0.3, -0.25) is 10.1 Å². The Bertz CT molecular complexity index is 344. The van der Waals surface area contributed by atoms with Crippen LogP contribution in [-0.4, -0.2) is 21.1 Å². The SMILES string of the molecule is O=C(O)C(c1ccc(O)cc1)[N+](=O)[O-]. The lowest BCUT2D eigenvalue weighted by atomic mass is 10.1. The number of hydrogen-bond donors (Lipinski definition) is 2. The molecule has 0 aliphatic rings. The fourth-order valence-electron chi connectivity index (χ4n) is 1.01. The van der Waals surface area contributed by atoms with Gasteiger partial charge < -0.3 is 10.2 Å². The number of aromatic hydroxyl groups is 1. The second kappa shape index (κ2) is 3.73. The lowest BCUT2D eigenvalue weighted by Crippen LogP contribution is -2.20. The summed E-state index contributed by atoms with van der Waals surface area (Å²) in [5.41, 5.74) is 0.0281. The Labute approximate surface area is 78.6 Å². The van der Waals surface area contributed by atoms with Crippen LogP contribution in [0, 0.1) is 10.1 Å². The Morgan fingerprint density at radius 1 is 1.36 bits per heavy atom. The van der Waals surface area contributed by atoms with E-state index < -0.39 is 16.9 Å². The van der Waals surface area contributed by atoms with E-state index in [1.165, 1.54) is 24.3 Å². The normalized spacial score (nSPS) is 12.0. The molecule has 0 radical (unpaired) electrons. The highest BCUT2D eigenvalue weighted by Gasteiger charge is 2.31. The van der Waals surface area contributed by atoms with Crippen LogP contribution in [0.1, 0.15) is 11.6 Å². The molecular weight excluding hydrogens is 190 g/mol. The molecule has 0 heterocycles. The van der Waals surface area contributed by atoms with Crippen molar-refractivity contribution in [2.75, 3.05) is 0 Å². The Morgan fingerprint density at radius 2 is 1.86 bits per heavy atom. The van der Waals surface area contributed by atoms with E-state index in [1.54, 1.807) is 0 Å². The van der Waals surface area contributed by atoms with Crippen LogP contribution in [0.3, 0.4) is 0 Å². The summed E-state index contributed by atoms with van der Waals surface area (Å²) in [5, 5.41) is 27.8. The van der Waals surface area contributed by atoms with Crippen molar-refractivity contribution in [3.63, 3.8) is 0 Å². The van der Waals surface area contributed by atoms with Gasteiger partial charge in [0.15, 0.2) is 0 Å². The number of hydrogen-bond acceptors (Lipinski definition) is 4. The van der Waals surface area contributed by atoms with Gasteiger partial charge in [0.05, 0.1) is 0 Å². The van der Waals surface area contributed by atoms with Gasteiger partial charge in [-0.1, -0.05) is 0 Å². The molecule has 0 saturated heterocycles. The molecule has 0 aliphatic carbocycles. The van der Waals surface area contributed by atoms with Crippen LogP contribution in [0.2, 0.25) is 0 Å².